The molecule has 1 aromatic heterocycles. The summed E-state index contributed by atoms with van der Waals surface area (Å²) in [6, 6.07) is 4.36. The Hall–Kier alpha value is -1.28. The lowest BCUT2D eigenvalue weighted by atomic mass is 9.73. The maximum absolute atomic E-state index is 12.5. The number of nitrogens with one attached hydrogen (secondary N) is 2. The molecule has 3 rings (SSSR count). The molecule has 1 saturated heterocycles. The van der Waals surface area contributed by atoms with Crippen LogP contribution in [0.25, 0.3) is 0 Å². The van der Waals surface area contributed by atoms with Gasteiger partial charge in [0.05, 0.1) is 6.54 Å². The molecule has 0 spiro atoms. The van der Waals surface area contributed by atoms with Crippen LogP contribution < -0.4 is 10.6 Å². The Bertz CT molecular complexity index is 624. The van der Waals surface area contributed by atoms with Gasteiger partial charge in [-0.15, -0.1) is 11.3 Å². The van der Waals surface area contributed by atoms with Crippen molar-refractivity contribution in [2.24, 2.45) is 10.9 Å². The lowest BCUT2D eigenvalue weighted by Gasteiger charge is -2.37. The molecule has 1 aliphatic heterocycles. The van der Waals surface area contributed by atoms with Gasteiger partial charge in [-0.2, -0.15) is 13.2 Å². The van der Waals surface area contributed by atoms with Crippen molar-refractivity contribution in [3.05, 3.63) is 22.4 Å². The Morgan fingerprint density at radius 1 is 1.29 bits per heavy atom. The minimum Gasteiger partial charge on any atom is -0.356 e. The van der Waals surface area contributed by atoms with Crippen molar-refractivity contribution in [1.29, 1.82) is 0 Å². The molecule has 0 aromatic carbocycles. The molecule has 2 fully saturated rings. The molecule has 0 bridgehead atoms. The third-order valence-electron chi connectivity index (χ3n) is 6.00. The zero-order valence-electron chi connectivity index (χ0n) is 16.5. The fourth-order valence-corrected chi connectivity index (χ4v) is 5.50. The van der Waals surface area contributed by atoms with Gasteiger partial charge in [0.15, 0.2) is 5.96 Å². The summed E-state index contributed by atoms with van der Waals surface area (Å²) >= 11 is 1.83. The second-order valence-corrected chi connectivity index (χ2v) is 9.08. The normalized spacial score (nSPS) is 23.7. The van der Waals surface area contributed by atoms with Gasteiger partial charge >= 0.3 is 6.18 Å². The summed E-state index contributed by atoms with van der Waals surface area (Å²) in [6.07, 6.45) is 2.86. The Balaban J connectivity index is 1.48. The number of rotatable bonds is 6. The van der Waals surface area contributed by atoms with Crippen molar-refractivity contribution in [3.63, 3.8) is 0 Å². The molecule has 1 unspecified atom stereocenters. The molecule has 4 nitrogen and oxygen atoms in total. The largest absolute Gasteiger partial charge is 0.401 e. The van der Waals surface area contributed by atoms with Crippen LogP contribution >= 0.6 is 11.3 Å². The molecule has 28 heavy (non-hydrogen) atoms. The first-order valence-corrected chi connectivity index (χ1v) is 11.1. The monoisotopic (exact) mass is 416 g/mol. The molecular formula is C20H31F3N4S. The number of hydrogen-bond donors (Lipinski definition) is 2. The number of likely N-dealkylation sites (tertiary alicyclic amines) is 1. The van der Waals surface area contributed by atoms with Crippen molar-refractivity contribution >= 4 is 17.3 Å². The zero-order valence-corrected chi connectivity index (χ0v) is 17.3. The average Bonchev–Trinajstić information content (AvgIpc) is 3.34. The van der Waals surface area contributed by atoms with Crippen LogP contribution in [0.5, 0.6) is 0 Å². The third-order valence-corrected chi connectivity index (χ3v) is 7.12. The second-order valence-electron chi connectivity index (χ2n) is 8.13. The number of nitrogens with zero attached hydrogens (tertiary/aromatic N) is 2. The van der Waals surface area contributed by atoms with E-state index in [0.29, 0.717) is 19.6 Å². The Kier molecular flexibility index (Phi) is 7.25. The minimum atomic E-state index is -4.12. The number of alkyl halides is 3. The van der Waals surface area contributed by atoms with Crippen molar-refractivity contribution in [1.82, 2.24) is 15.5 Å². The summed E-state index contributed by atoms with van der Waals surface area (Å²) in [5.74, 6) is 0.970. The highest BCUT2D eigenvalue weighted by Crippen LogP contribution is 2.41. The Morgan fingerprint density at radius 2 is 2.07 bits per heavy atom. The first kappa shape index (κ1) is 21.4. The third kappa shape index (κ3) is 5.86. The summed E-state index contributed by atoms with van der Waals surface area (Å²) in [7, 11) is 1.75. The Labute approximate surface area is 169 Å². The molecule has 1 saturated carbocycles. The van der Waals surface area contributed by atoms with E-state index < -0.39 is 12.7 Å². The maximum atomic E-state index is 12.5. The fourth-order valence-electron chi connectivity index (χ4n) is 4.51. The lowest BCUT2D eigenvalue weighted by molar-refractivity contribution is -0.143. The zero-order chi connectivity index (χ0) is 20.0. The molecule has 0 amide bonds. The highest BCUT2D eigenvalue weighted by atomic mass is 32.1. The first-order chi connectivity index (χ1) is 13.4. The highest BCUT2D eigenvalue weighted by molar-refractivity contribution is 7.10. The summed E-state index contributed by atoms with van der Waals surface area (Å²) < 4.78 is 37.6. The SMILES string of the molecule is CN=C(NCC1CCN(CC(F)(F)F)C1)NCC1(c2cccs2)CCCCC1. The molecular weight excluding hydrogens is 385 g/mol. The van der Waals surface area contributed by atoms with Gasteiger partial charge in [0.2, 0.25) is 0 Å². The topological polar surface area (TPSA) is 39.7 Å². The smallest absolute Gasteiger partial charge is 0.356 e. The molecule has 1 aromatic rings. The molecule has 1 aliphatic carbocycles. The van der Waals surface area contributed by atoms with Crippen LogP contribution in [0.2, 0.25) is 0 Å². The molecule has 8 heteroatoms. The minimum absolute atomic E-state index is 0.168. The van der Waals surface area contributed by atoms with E-state index in [4.69, 9.17) is 0 Å². The van der Waals surface area contributed by atoms with Crippen LogP contribution in [0, 0.1) is 5.92 Å². The van der Waals surface area contributed by atoms with Crippen LogP contribution in [0.1, 0.15) is 43.4 Å². The molecule has 158 valence electrons. The molecule has 2 N–H and O–H groups in total. The van der Waals surface area contributed by atoms with Gasteiger partial charge in [0.1, 0.15) is 0 Å². The van der Waals surface area contributed by atoms with E-state index in [1.165, 1.54) is 41.9 Å². The van der Waals surface area contributed by atoms with Gasteiger partial charge in [-0.05, 0) is 43.2 Å². The van der Waals surface area contributed by atoms with E-state index in [2.05, 4.69) is 33.1 Å². The van der Waals surface area contributed by atoms with E-state index in [1.54, 1.807) is 7.05 Å². The number of thiophene rings is 1. The summed E-state index contributed by atoms with van der Waals surface area (Å²) in [5, 5.41) is 8.97. The first-order valence-electron chi connectivity index (χ1n) is 10.2. The highest BCUT2D eigenvalue weighted by Gasteiger charge is 2.36. The van der Waals surface area contributed by atoms with Gasteiger partial charge in [-0.1, -0.05) is 25.3 Å². The lowest BCUT2D eigenvalue weighted by Crippen LogP contribution is -2.47. The van der Waals surface area contributed by atoms with E-state index in [0.717, 1.165) is 18.9 Å². The Morgan fingerprint density at radius 3 is 2.71 bits per heavy atom. The van der Waals surface area contributed by atoms with E-state index in [9.17, 15) is 13.2 Å². The van der Waals surface area contributed by atoms with Crippen LogP contribution in [0.4, 0.5) is 13.2 Å². The number of halogens is 3. The van der Waals surface area contributed by atoms with Crippen molar-refractivity contribution in [2.45, 2.75) is 50.1 Å². The van der Waals surface area contributed by atoms with Crippen LogP contribution in [-0.4, -0.2) is 56.8 Å². The van der Waals surface area contributed by atoms with Crippen molar-refractivity contribution in [2.75, 3.05) is 39.8 Å². The summed E-state index contributed by atoms with van der Waals surface area (Å²) in [5.41, 5.74) is 0.168. The van der Waals surface area contributed by atoms with E-state index in [-0.39, 0.29) is 11.3 Å². The standard InChI is InChI=1S/C20H31F3N4S/c1-24-18(25-12-16-7-10-27(13-16)15-20(21,22)23)26-14-19(8-3-2-4-9-19)17-6-5-11-28-17/h5-6,11,16H,2-4,7-10,12-15H2,1H3,(H2,24,25,26). The number of aliphatic imine (C=N–C) groups is 1. The summed E-state index contributed by atoms with van der Waals surface area (Å²) in [4.78, 5) is 7.26. The van der Waals surface area contributed by atoms with Gasteiger partial charge in [-0.25, -0.2) is 0 Å². The predicted molar refractivity (Wildman–Crippen MR) is 109 cm³/mol. The van der Waals surface area contributed by atoms with Crippen LogP contribution in [0.15, 0.2) is 22.5 Å². The molecule has 2 heterocycles. The van der Waals surface area contributed by atoms with Crippen molar-refractivity contribution < 1.29 is 13.2 Å². The molecule has 0 radical (unpaired) electrons. The van der Waals surface area contributed by atoms with E-state index in [1.807, 2.05) is 11.3 Å². The molecule has 1 atom stereocenters. The van der Waals surface area contributed by atoms with Gasteiger partial charge in [0.25, 0.3) is 0 Å². The molecule has 2 aliphatic rings. The number of guanidine groups is 1. The summed E-state index contributed by atoms with van der Waals surface area (Å²) in [6.45, 7) is 1.69. The second kappa shape index (κ2) is 9.48. The average molecular weight is 417 g/mol. The van der Waals surface area contributed by atoms with Gasteiger partial charge in [0, 0.05) is 37.0 Å². The van der Waals surface area contributed by atoms with Gasteiger partial charge in [-0.3, -0.25) is 9.89 Å². The van der Waals surface area contributed by atoms with Crippen LogP contribution in [-0.2, 0) is 5.41 Å². The predicted octanol–water partition coefficient (Wildman–Crippen LogP) is 4.00. The fraction of sp³-hybridized carbons (Fsp3) is 0.750. The van der Waals surface area contributed by atoms with Crippen molar-refractivity contribution in [3.8, 4) is 0 Å². The number of hydrogen-bond acceptors (Lipinski definition) is 3. The van der Waals surface area contributed by atoms with Crippen LogP contribution in [0.3, 0.4) is 0 Å². The van der Waals surface area contributed by atoms with Gasteiger partial charge < -0.3 is 10.6 Å². The quantitative estimate of drug-likeness (QED) is 0.544. The maximum Gasteiger partial charge on any atom is 0.401 e. The van der Waals surface area contributed by atoms with E-state index >= 15 is 0 Å².